The van der Waals surface area contributed by atoms with Gasteiger partial charge in [0.15, 0.2) is 0 Å². The summed E-state index contributed by atoms with van der Waals surface area (Å²) in [6, 6.07) is 0. The Balaban J connectivity index is 1.65. The minimum absolute atomic E-state index is 0.0954. The maximum atomic E-state index is 11.9. The highest BCUT2D eigenvalue weighted by atomic mass is 16.5. The second-order valence-corrected chi connectivity index (χ2v) is 9.25. The van der Waals surface area contributed by atoms with Gasteiger partial charge in [0.25, 0.3) is 0 Å². The summed E-state index contributed by atoms with van der Waals surface area (Å²) in [5.41, 5.74) is -0.471. The van der Waals surface area contributed by atoms with Crippen LogP contribution in [0.25, 0.3) is 0 Å². The topological polar surface area (TPSA) is 46.5 Å². The lowest BCUT2D eigenvalue weighted by Crippen LogP contribution is -2.58. The van der Waals surface area contributed by atoms with Gasteiger partial charge >= 0.3 is 0 Å². The molecule has 3 heteroatoms. The summed E-state index contributed by atoms with van der Waals surface area (Å²) in [5.74, 6) is 2.30. The molecule has 3 saturated carbocycles. The van der Waals surface area contributed by atoms with E-state index >= 15 is 0 Å². The van der Waals surface area contributed by atoms with Crippen LogP contribution in [-0.4, -0.2) is 29.2 Å². The van der Waals surface area contributed by atoms with E-state index in [2.05, 4.69) is 13.8 Å². The van der Waals surface area contributed by atoms with E-state index < -0.39 is 5.60 Å². The van der Waals surface area contributed by atoms with Gasteiger partial charge in [-0.1, -0.05) is 13.8 Å². The van der Waals surface area contributed by atoms with Gasteiger partial charge in [0.05, 0.1) is 18.3 Å². The summed E-state index contributed by atoms with van der Waals surface area (Å²) in [6.07, 6.45) is 7.45. The highest BCUT2D eigenvalue weighted by Crippen LogP contribution is 2.64. The van der Waals surface area contributed by atoms with Crippen molar-refractivity contribution in [3.05, 3.63) is 0 Å². The molecule has 0 bridgehead atoms. The van der Waals surface area contributed by atoms with Gasteiger partial charge in [-0.2, -0.15) is 0 Å². The molecule has 3 aliphatic carbocycles. The van der Waals surface area contributed by atoms with E-state index in [4.69, 9.17) is 4.74 Å². The lowest BCUT2D eigenvalue weighted by atomic mass is 9.46. The average Bonchev–Trinajstić information content (AvgIpc) is 2.70. The zero-order chi connectivity index (χ0) is 15.8. The van der Waals surface area contributed by atoms with Crippen molar-refractivity contribution in [1.82, 2.24) is 0 Å². The van der Waals surface area contributed by atoms with Crippen LogP contribution >= 0.6 is 0 Å². The monoisotopic (exact) mass is 306 g/mol. The van der Waals surface area contributed by atoms with E-state index in [9.17, 15) is 9.90 Å². The fourth-order valence-electron chi connectivity index (χ4n) is 6.50. The van der Waals surface area contributed by atoms with Crippen molar-refractivity contribution >= 4 is 5.78 Å². The third kappa shape index (κ3) is 1.78. The first-order valence-electron chi connectivity index (χ1n) is 9.14. The summed E-state index contributed by atoms with van der Waals surface area (Å²) in [6.45, 7) is 7.12. The second kappa shape index (κ2) is 4.57. The Morgan fingerprint density at radius 3 is 2.68 bits per heavy atom. The van der Waals surface area contributed by atoms with Crippen molar-refractivity contribution in [2.45, 2.75) is 77.4 Å². The van der Waals surface area contributed by atoms with Crippen molar-refractivity contribution in [3.63, 3.8) is 0 Å². The fourth-order valence-corrected chi connectivity index (χ4v) is 6.50. The van der Waals surface area contributed by atoms with Crippen LogP contribution in [0, 0.1) is 28.6 Å². The molecule has 4 fully saturated rings. The molecule has 124 valence electrons. The van der Waals surface area contributed by atoms with Gasteiger partial charge in [-0.3, -0.25) is 4.79 Å². The molecular weight excluding hydrogens is 276 g/mol. The Labute approximate surface area is 133 Å². The number of ether oxygens (including phenoxy) is 1. The molecule has 0 spiro atoms. The second-order valence-electron chi connectivity index (χ2n) is 9.25. The summed E-state index contributed by atoms with van der Waals surface area (Å²) in [4.78, 5) is 11.9. The minimum Gasteiger partial charge on any atom is -0.387 e. The maximum absolute atomic E-state index is 11.9. The number of fused-ring (bicyclic) bond motifs is 5. The molecule has 1 aliphatic heterocycles. The molecule has 0 amide bonds. The van der Waals surface area contributed by atoms with Crippen molar-refractivity contribution < 1.29 is 14.6 Å². The van der Waals surface area contributed by atoms with Crippen LogP contribution < -0.4 is 0 Å². The molecule has 3 nitrogen and oxygen atoms in total. The molecule has 0 aromatic heterocycles. The number of hydrogen-bond acceptors (Lipinski definition) is 3. The summed E-state index contributed by atoms with van der Waals surface area (Å²) >= 11 is 0. The van der Waals surface area contributed by atoms with E-state index in [0.29, 0.717) is 35.6 Å². The number of rotatable bonds is 0. The molecule has 7 atom stereocenters. The van der Waals surface area contributed by atoms with Gasteiger partial charge in [-0.25, -0.2) is 0 Å². The van der Waals surface area contributed by atoms with Crippen LogP contribution in [0.1, 0.15) is 65.7 Å². The number of Topliss-reactive ketones (excluding diaryl/α,β-unsaturated/α-hetero) is 1. The van der Waals surface area contributed by atoms with Gasteiger partial charge < -0.3 is 9.84 Å². The molecule has 0 aromatic carbocycles. The number of carbonyl (C=O) groups is 1. The van der Waals surface area contributed by atoms with Crippen LogP contribution in [0.15, 0.2) is 0 Å². The summed E-state index contributed by atoms with van der Waals surface area (Å²) < 4.78 is 6.17. The van der Waals surface area contributed by atoms with Gasteiger partial charge in [0.1, 0.15) is 5.78 Å². The lowest BCUT2D eigenvalue weighted by molar-refractivity contribution is -0.155. The lowest BCUT2D eigenvalue weighted by Gasteiger charge is -2.59. The number of hydrogen-bond donors (Lipinski definition) is 1. The van der Waals surface area contributed by atoms with Crippen molar-refractivity contribution in [2.75, 3.05) is 6.61 Å². The van der Waals surface area contributed by atoms with E-state index in [1.807, 2.05) is 6.92 Å². The van der Waals surface area contributed by atoms with Crippen LogP contribution in [0.2, 0.25) is 0 Å². The molecule has 4 aliphatic rings. The van der Waals surface area contributed by atoms with Gasteiger partial charge in [-0.15, -0.1) is 0 Å². The molecule has 0 radical (unpaired) electrons. The Bertz CT molecular complexity index is 499. The first kappa shape index (κ1) is 15.1. The van der Waals surface area contributed by atoms with Crippen molar-refractivity contribution in [3.8, 4) is 0 Å². The van der Waals surface area contributed by atoms with Gasteiger partial charge in [0, 0.05) is 18.3 Å². The molecule has 1 heterocycles. The smallest absolute Gasteiger partial charge is 0.133 e. The Morgan fingerprint density at radius 1 is 1.14 bits per heavy atom. The van der Waals surface area contributed by atoms with Crippen LogP contribution in [0.4, 0.5) is 0 Å². The third-order valence-electron chi connectivity index (χ3n) is 8.33. The normalized spacial score (nSPS) is 57.9. The summed E-state index contributed by atoms with van der Waals surface area (Å²) in [7, 11) is 0. The SMILES string of the molecule is CC1(O)CO[C@H]2[C@@H]3CCC4CC(=O)CC[C@]4(C)[C@@H]3CC[C@@]21C. The average molecular weight is 306 g/mol. The minimum atomic E-state index is -0.692. The third-order valence-corrected chi connectivity index (χ3v) is 8.33. The predicted molar refractivity (Wildman–Crippen MR) is 84.4 cm³/mol. The molecule has 2 unspecified atom stereocenters. The van der Waals surface area contributed by atoms with Crippen LogP contribution in [0.5, 0.6) is 0 Å². The Hall–Kier alpha value is -0.410. The van der Waals surface area contributed by atoms with Crippen molar-refractivity contribution in [2.24, 2.45) is 28.6 Å². The van der Waals surface area contributed by atoms with Crippen LogP contribution in [0.3, 0.4) is 0 Å². The van der Waals surface area contributed by atoms with E-state index in [0.717, 1.165) is 25.7 Å². The molecule has 4 rings (SSSR count). The standard InChI is InChI=1S/C19H30O3/c1-17-8-6-13(20)10-12(17)4-5-14-15(17)7-9-18(2)16(14)22-11-19(18,3)21/h12,14-16,21H,4-11H2,1-3H3/t12?,14-,15-,16+,17+,18+,19?/m1/s1. The zero-order valence-corrected chi connectivity index (χ0v) is 14.2. The highest BCUT2D eigenvalue weighted by molar-refractivity contribution is 5.79. The van der Waals surface area contributed by atoms with E-state index in [-0.39, 0.29) is 11.5 Å². The Morgan fingerprint density at radius 2 is 1.91 bits per heavy atom. The molecule has 0 aromatic rings. The zero-order valence-electron chi connectivity index (χ0n) is 14.2. The van der Waals surface area contributed by atoms with Crippen molar-refractivity contribution in [1.29, 1.82) is 0 Å². The molecule has 1 N–H and O–H groups in total. The molecule has 22 heavy (non-hydrogen) atoms. The number of carbonyl (C=O) groups excluding carboxylic acids is 1. The van der Waals surface area contributed by atoms with E-state index in [1.54, 1.807) is 0 Å². The molecule has 1 saturated heterocycles. The van der Waals surface area contributed by atoms with Gasteiger partial charge in [-0.05, 0) is 62.2 Å². The summed E-state index contributed by atoms with van der Waals surface area (Å²) in [5, 5.41) is 10.8. The fraction of sp³-hybridized carbons (Fsp3) is 0.947. The van der Waals surface area contributed by atoms with E-state index in [1.165, 1.54) is 19.3 Å². The maximum Gasteiger partial charge on any atom is 0.133 e. The largest absolute Gasteiger partial charge is 0.387 e. The van der Waals surface area contributed by atoms with Gasteiger partial charge in [0.2, 0.25) is 0 Å². The Kier molecular flexibility index (Phi) is 3.14. The quantitative estimate of drug-likeness (QED) is 0.746. The van der Waals surface area contributed by atoms with Crippen LogP contribution in [-0.2, 0) is 9.53 Å². The number of ketones is 1. The number of aliphatic hydroxyl groups is 1. The molecular formula is C19H30O3. The predicted octanol–water partition coefficient (Wildman–Crippen LogP) is 3.34. The first-order valence-corrected chi connectivity index (χ1v) is 9.14. The first-order chi connectivity index (χ1) is 10.3. The highest BCUT2D eigenvalue weighted by Gasteiger charge is 2.64.